The molecule has 1 aliphatic heterocycles. The van der Waals surface area contributed by atoms with E-state index in [1.54, 1.807) is 0 Å². The summed E-state index contributed by atoms with van der Waals surface area (Å²) in [6.07, 6.45) is -3.44. The summed E-state index contributed by atoms with van der Waals surface area (Å²) in [5.41, 5.74) is 0. The summed E-state index contributed by atoms with van der Waals surface area (Å²) in [5, 5.41) is 0. The Balaban J connectivity index is 3.06. The first-order valence-electron chi connectivity index (χ1n) is 5.30. The van der Waals surface area contributed by atoms with E-state index in [1.807, 2.05) is 0 Å². The molecule has 114 valence electrons. The third-order valence-corrected chi connectivity index (χ3v) is 5.81. The highest BCUT2D eigenvalue weighted by molar-refractivity contribution is 9.10. The molecule has 0 spiro atoms. The highest BCUT2D eigenvalue weighted by Gasteiger charge is 2.73. The summed E-state index contributed by atoms with van der Waals surface area (Å²) in [6, 6.07) is 0. The van der Waals surface area contributed by atoms with Crippen LogP contribution in [0.5, 0.6) is 0 Å². The van der Waals surface area contributed by atoms with Crippen molar-refractivity contribution in [2.24, 2.45) is 0 Å². The minimum Gasteiger partial charge on any atom is -0.383 e. The van der Waals surface area contributed by atoms with E-state index in [4.69, 9.17) is 44.3 Å². The third-order valence-electron chi connectivity index (χ3n) is 2.73. The Morgan fingerprint density at radius 2 is 1.42 bits per heavy atom. The molecule has 1 rings (SSSR count). The van der Waals surface area contributed by atoms with Gasteiger partial charge < -0.3 is 9.47 Å². The molecule has 1 atom stereocenters. The molecular formula is C9H14BrCl3F2N2O2. The number of methoxy groups -OCH3 is 2. The SMILES string of the molecule is COCCN1C(F)(F)N(CCOC)C(Cl)(Br)C1(Cl)Cl. The second-order valence-corrected chi connectivity index (χ2v) is 7.32. The molecule has 10 heteroatoms. The molecule has 0 amide bonds. The van der Waals surface area contributed by atoms with Crippen LogP contribution >= 0.6 is 50.7 Å². The molecule has 1 unspecified atom stereocenters. The molecule has 19 heavy (non-hydrogen) atoms. The van der Waals surface area contributed by atoms with Gasteiger partial charge in [-0.05, 0) is 15.9 Å². The number of halogens is 6. The average molecular weight is 406 g/mol. The molecule has 0 aromatic carbocycles. The lowest BCUT2D eigenvalue weighted by atomic mass is 10.5. The van der Waals surface area contributed by atoms with Gasteiger partial charge in [0, 0.05) is 27.3 Å². The Labute approximate surface area is 134 Å². The van der Waals surface area contributed by atoms with Gasteiger partial charge in [0.25, 0.3) is 0 Å². The Hall–Kier alpha value is 1.05. The zero-order chi connectivity index (χ0) is 14.9. The van der Waals surface area contributed by atoms with Gasteiger partial charge in [-0.3, -0.25) is 0 Å². The van der Waals surface area contributed by atoms with Crippen LogP contribution in [0.2, 0.25) is 0 Å². The van der Waals surface area contributed by atoms with Crippen molar-refractivity contribution < 1.29 is 18.3 Å². The van der Waals surface area contributed by atoms with E-state index in [0.29, 0.717) is 9.80 Å². The van der Waals surface area contributed by atoms with Crippen molar-refractivity contribution in [2.45, 2.75) is 14.5 Å². The molecule has 1 fully saturated rings. The van der Waals surface area contributed by atoms with E-state index in [2.05, 4.69) is 15.9 Å². The zero-order valence-corrected chi connectivity index (χ0v) is 14.2. The molecular weight excluding hydrogens is 392 g/mol. The quantitative estimate of drug-likeness (QED) is 0.500. The lowest BCUT2D eigenvalue weighted by Gasteiger charge is -2.32. The second kappa shape index (κ2) is 6.44. The van der Waals surface area contributed by atoms with E-state index in [0.717, 1.165) is 0 Å². The molecule has 0 aliphatic carbocycles. The van der Waals surface area contributed by atoms with E-state index in [1.165, 1.54) is 14.2 Å². The Kier molecular flexibility index (Phi) is 6.13. The fraction of sp³-hybridized carbons (Fsp3) is 1.00. The fourth-order valence-corrected chi connectivity index (χ4v) is 3.19. The predicted molar refractivity (Wildman–Crippen MR) is 74.1 cm³/mol. The van der Waals surface area contributed by atoms with Crippen molar-refractivity contribution in [2.75, 3.05) is 40.5 Å². The van der Waals surface area contributed by atoms with E-state index < -0.39 is 14.5 Å². The predicted octanol–water partition coefficient (Wildman–Crippen LogP) is 2.87. The first-order chi connectivity index (χ1) is 8.64. The summed E-state index contributed by atoms with van der Waals surface area (Å²) < 4.78 is 34.4. The maximum atomic E-state index is 14.4. The van der Waals surface area contributed by atoms with Crippen LogP contribution in [0.3, 0.4) is 0 Å². The van der Waals surface area contributed by atoms with Gasteiger partial charge in [0.05, 0.1) is 13.2 Å². The van der Waals surface area contributed by atoms with Gasteiger partial charge in [-0.15, -0.1) is 0 Å². The third kappa shape index (κ3) is 3.13. The Morgan fingerprint density at radius 3 is 1.84 bits per heavy atom. The minimum atomic E-state index is -3.44. The standard InChI is InChI=1S/C9H14BrCl3F2N2O2/c1-18-5-3-16-7(10,11)8(12,13)17(4-6-19-2)9(16,14)15/h3-6H2,1-2H3. The molecule has 1 saturated heterocycles. The summed E-state index contributed by atoms with van der Waals surface area (Å²) in [7, 11) is 2.79. The van der Waals surface area contributed by atoms with Crippen LogP contribution in [0, 0.1) is 0 Å². The van der Waals surface area contributed by atoms with Gasteiger partial charge in [0.1, 0.15) is 0 Å². The molecule has 0 aromatic heterocycles. The highest BCUT2D eigenvalue weighted by Crippen LogP contribution is 2.59. The molecule has 4 nitrogen and oxygen atoms in total. The number of nitrogens with zero attached hydrogens (tertiary/aromatic N) is 2. The summed E-state index contributed by atoms with van der Waals surface area (Å²) in [6.45, 7) is -0.241. The van der Waals surface area contributed by atoms with Crippen molar-refractivity contribution in [3.8, 4) is 0 Å². The molecule has 0 bridgehead atoms. The Morgan fingerprint density at radius 1 is 1.00 bits per heavy atom. The number of ether oxygens (including phenoxy) is 2. The second-order valence-electron chi connectivity index (χ2n) is 3.88. The molecule has 0 aromatic rings. The van der Waals surface area contributed by atoms with Gasteiger partial charge in [-0.2, -0.15) is 18.6 Å². The smallest absolute Gasteiger partial charge is 0.374 e. The van der Waals surface area contributed by atoms with Crippen molar-refractivity contribution in [3.63, 3.8) is 0 Å². The number of hydrogen-bond acceptors (Lipinski definition) is 4. The lowest BCUT2D eigenvalue weighted by Crippen LogP contribution is -2.50. The largest absolute Gasteiger partial charge is 0.383 e. The normalized spacial score (nSPS) is 30.9. The maximum Gasteiger partial charge on any atom is 0.374 e. The van der Waals surface area contributed by atoms with Crippen LogP contribution in [0.25, 0.3) is 0 Å². The molecule has 0 saturated carbocycles. The van der Waals surface area contributed by atoms with Crippen LogP contribution in [0.15, 0.2) is 0 Å². The van der Waals surface area contributed by atoms with Gasteiger partial charge in [-0.1, -0.05) is 34.8 Å². The Bertz CT molecular complexity index is 296. The van der Waals surface area contributed by atoms with Crippen LogP contribution in [-0.4, -0.2) is 64.9 Å². The average Bonchev–Trinajstić information content (AvgIpc) is 2.37. The summed E-state index contributed by atoms with van der Waals surface area (Å²) in [5.74, 6) is 0. The van der Waals surface area contributed by atoms with Crippen molar-refractivity contribution in [1.29, 1.82) is 0 Å². The van der Waals surface area contributed by atoms with Crippen LogP contribution < -0.4 is 0 Å². The monoisotopic (exact) mass is 404 g/mol. The number of hydrogen-bond donors (Lipinski definition) is 0. The number of alkyl halides is 6. The van der Waals surface area contributed by atoms with Crippen LogP contribution in [0.4, 0.5) is 8.78 Å². The first kappa shape index (κ1) is 18.1. The van der Waals surface area contributed by atoms with Crippen LogP contribution in [-0.2, 0) is 9.47 Å². The molecule has 0 N–H and O–H groups in total. The first-order valence-corrected chi connectivity index (χ1v) is 7.23. The topological polar surface area (TPSA) is 24.9 Å². The van der Waals surface area contributed by atoms with E-state index in [9.17, 15) is 8.78 Å². The summed E-state index contributed by atoms with van der Waals surface area (Å²) >= 11 is 21.1. The molecule has 1 heterocycles. The maximum absolute atomic E-state index is 14.4. The highest BCUT2D eigenvalue weighted by atomic mass is 79.9. The molecule has 1 aliphatic rings. The summed E-state index contributed by atoms with van der Waals surface area (Å²) in [4.78, 5) is 1.21. The van der Waals surface area contributed by atoms with Crippen molar-refractivity contribution >= 4 is 50.7 Å². The lowest BCUT2D eigenvalue weighted by molar-refractivity contribution is -0.220. The molecule has 0 radical (unpaired) electrons. The minimum absolute atomic E-state index is 0.0366. The van der Waals surface area contributed by atoms with Gasteiger partial charge in [0.2, 0.25) is 8.36 Å². The number of rotatable bonds is 6. The fourth-order valence-electron chi connectivity index (χ4n) is 1.72. The van der Waals surface area contributed by atoms with E-state index in [-0.39, 0.29) is 26.3 Å². The van der Waals surface area contributed by atoms with Crippen LogP contribution in [0.1, 0.15) is 0 Å². The van der Waals surface area contributed by atoms with Crippen molar-refractivity contribution in [1.82, 2.24) is 9.80 Å². The zero-order valence-electron chi connectivity index (χ0n) is 10.3. The van der Waals surface area contributed by atoms with Gasteiger partial charge in [-0.25, -0.2) is 0 Å². The van der Waals surface area contributed by atoms with Gasteiger partial charge in [0.15, 0.2) is 0 Å². The van der Waals surface area contributed by atoms with Gasteiger partial charge >= 0.3 is 6.17 Å². The van der Waals surface area contributed by atoms with Crippen molar-refractivity contribution in [3.05, 3.63) is 0 Å². The van der Waals surface area contributed by atoms with E-state index >= 15 is 0 Å².